The lowest BCUT2D eigenvalue weighted by Crippen LogP contribution is -2.31. The molecule has 0 aromatic carbocycles. The monoisotopic (exact) mass is 291 g/mol. The Balaban J connectivity index is 2.41. The van der Waals surface area contributed by atoms with Crippen molar-refractivity contribution in [3.05, 3.63) is 17.0 Å². The molecule has 0 N–H and O–H groups in total. The van der Waals surface area contributed by atoms with E-state index in [2.05, 4.69) is 9.97 Å². The van der Waals surface area contributed by atoms with E-state index in [-0.39, 0.29) is 28.8 Å². The van der Waals surface area contributed by atoms with Gasteiger partial charge in [0, 0.05) is 32.8 Å². The molecule has 1 aromatic rings. The zero-order valence-electron chi connectivity index (χ0n) is 11.0. The van der Waals surface area contributed by atoms with Gasteiger partial charge in [-0.1, -0.05) is 0 Å². The SMILES string of the molecule is CO[C@@H]1C[C@H](C)N(c2nc(Cl)ncc2C(C)(F)F)C1. The van der Waals surface area contributed by atoms with E-state index in [4.69, 9.17) is 16.3 Å². The number of hydrogen-bond acceptors (Lipinski definition) is 4. The van der Waals surface area contributed by atoms with E-state index in [1.165, 1.54) is 0 Å². The molecule has 1 saturated heterocycles. The van der Waals surface area contributed by atoms with Crippen LogP contribution in [0.4, 0.5) is 14.6 Å². The highest BCUT2D eigenvalue weighted by Gasteiger charge is 2.37. The molecule has 106 valence electrons. The molecule has 19 heavy (non-hydrogen) atoms. The highest BCUT2D eigenvalue weighted by Crippen LogP contribution is 2.36. The summed E-state index contributed by atoms with van der Waals surface area (Å²) in [5, 5.41) is -0.0314. The zero-order valence-corrected chi connectivity index (χ0v) is 11.8. The summed E-state index contributed by atoms with van der Waals surface area (Å²) in [5.41, 5.74) is -0.208. The van der Waals surface area contributed by atoms with Crippen LogP contribution >= 0.6 is 11.6 Å². The van der Waals surface area contributed by atoms with E-state index in [1.807, 2.05) is 6.92 Å². The summed E-state index contributed by atoms with van der Waals surface area (Å²) in [6, 6.07) is 0.0667. The maximum Gasteiger partial charge on any atom is 0.275 e. The molecule has 1 fully saturated rings. The first kappa shape index (κ1) is 14.4. The minimum atomic E-state index is -3.01. The molecule has 2 atom stereocenters. The first-order valence-corrected chi connectivity index (χ1v) is 6.41. The number of methoxy groups -OCH3 is 1. The Bertz CT molecular complexity index is 467. The molecular weight excluding hydrogens is 276 g/mol. The largest absolute Gasteiger partial charge is 0.380 e. The summed E-state index contributed by atoms with van der Waals surface area (Å²) in [5.74, 6) is -2.82. The summed E-state index contributed by atoms with van der Waals surface area (Å²) in [6.07, 6.45) is 1.88. The van der Waals surface area contributed by atoms with Crippen LogP contribution in [0.1, 0.15) is 25.8 Å². The second-order valence-electron chi connectivity index (χ2n) is 4.86. The number of hydrogen-bond donors (Lipinski definition) is 0. The maximum absolute atomic E-state index is 13.6. The average molecular weight is 292 g/mol. The van der Waals surface area contributed by atoms with E-state index in [9.17, 15) is 8.78 Å². The summed E-state index contributed by atoms with van der Waals surface area (Å²) in [7, 11) is 1.61. The maximum atomic E-state index is 13.6. The number of halogens is 3. The Labute approximate surface area is 115 Å². The Morgan fingerprint density at radius 2 is 2.21 bits per heavy atom. The number of ether oxygens (including phenoxy) is 1. The number of aromatic nitrogens is 2. The van der Waals surface area contributed by atoms with E-state index >= 15 is 0 Å². The minimum absolute atomic E-state index is 0.0158. The molecule has 4 nitrogen and oxygen atoms in total. The van der Waals surface area contributed by atoms with Crippen LogP contribution in [0, 0.1) is 0 Å². The van der Waals surface area contributed by atoms with Gasteiger partial charge in [0.2, 0.25) is 5.28 Å². The molecule has 0 bridgehead atoms. The Morgan fingerprint density at radius 1 is 1.53 bits per heavy atom. The van der Waals surface area contributed by atoms with Crippen LogP contribution in [-0.2, 0) is 10.7 Å². The highest BCUT2D eigenvalue weighted by molar-refractivity contribution is 6.28. The standard InChI is InChI=1S/C12H16ClF2N3O/c1-7-4-8(19-3)6-18(7)10-9(12(2,14)15)5-16-11(13)17-10/h5,7-8H,4,6H2,1-3H3/t7-,8+/m0/s1. The van der Waals surface area contributed by atoms with Crippen LogP contribution in [0.5, 0.6) is 0 Å². The lowest BCUT2D eigenvalue weighted by molar-refractivity contribution is 0.0172. The summed E-state index contributed by atoms with van der Waals surface area (Å²) in [6.45, 7) is 3.30. The first-order chi connectivity index (χ1) is 8.82. The van der Waals surface area contributed by atoms with E-state index in [0.717, 1.165) is 19.5 Å². The quantitative estimate of drug-likeness (QED) is 0.803. The number of rotatable bonds is 3. The minimum Gasteiger partial charge on any atom is -0.380 e. The molecule has 0 saturated carbocycles. The van der Waals surface area contributed by atoms with Crippen LogP contribution in [0.3, 0.4) is 0 Å². The van der Waals surface area contributed by atoms with Gasteiger partial charge in [-0.3, -0.25) is 0 Å². The van der Waals surface area contributed by atoms with Gasteiger partial charge < -0.3 is 9.64 Å². The van der Waals surface area contributed by atoms with Crippen LogP contribution < -0.4 is 4.90 Å². The lowest BCUT2D eigenvalue weighted by Gasteiger charge is -2.26. The highest BCUT2D eigenvalue weighted by atomic mass is 35.5. The average Bonchev–Trinajstić information content (AvgIpc) is 2.68. The third kappa shape index (κ3) is 2.95. The van der Waals surface area contributed by atoms with Crippen molar-refractivity contribution in [2.24, 2.45) is 0 Å². The fraction of sp³-hybridized carbons (Fsp3) is 0.667. The fourth-order valence-corrected chi connectivity index (χ4v) is 2.46. The predicted octanol–water partition coefficient (Wildman–Crippen LogP) is 2.86. The van der Waals surface area contributed by atoms with Gasteiger partial charge in [-0.15, -0.1) is 0 Å². The Kier molecular flexibility index (Phi) is 3.92. The van der Waals surface area contributed by atoms with Gasteiger partial charge in [0.05, 0.1) is 11.7 Å². The second kappa shape index (κ2) is 5.17. The molecule has 0 radical (unpaired) electrons. The van der Waals surface area contributed by atoms with Gasteiger partial charge in [-0.05, 0) is 24.9 Å². The van der Waals surface area contributed by atoms with Gasteiger partial charge in [-0.2, -0.15) is 0 Å². The summed E-state index contributed by atoms with van der Waals surface area (Å²) >= 11 is 5.74. The molecule has 2 heterocycles. The van der Waals surface area contributed by atoms with Crippen molar-refractivity contribution in [1.29, 1.82) is 0 Å². The number of alkyl halides is 2. The molecule has 1 aromatic heterocycles. The van der Waals surface area contributed by atoms with Crippen LogP contribution in [0.2, 0.25) is 5.28 Å². The topological polar surface area (TPSA) is 38.2 Å². The molecule has 0 amide bonds. The third-order valence-corrected chi connectivity index (χ3v) is 3.54. The van der Waals surface area contributed by atoms with Gasteiger partial charge in [0.15, 0.2) is 0 Å². The number of anilines is 1. The van der Waals surface area contributed by atoms with Crippen molar-refractivity contribution in [2.45, 2.75) is 38.3 Å². The van der Waals surface area contributed by atoms with E-state index < -0.39 is 5.92 Å². The summed E-state index contributed by atoms with van der Waals surface area (Å²) in [4.78, 5) is 9.44. The van der Waals surface area contributed by atoms with Crippen molar-refractivity contribution < 1.29 is 13.5 Å². The zero-order chi connectivity index (χ0) is 14.2. The Hall–Kier alpha value is -1.01. The van der Waals surface area contributed by atoms with Crippen molar-refractivity contribution in [1.82, 2.24) is 9.97 Å². The molecule has 1 aliphatic heterocycles. The molecule has 0 unspecified atom stereocenters. The first-order valence-electron chi connectivity index (χ1n) is 6.03. The van der Waals surface area contributed by atoms with Crippen LogP contribution in [-0.4, -0.2) is 35.8 Å². The van der Waals surface area contributed by atoms with Crippen molar-refractivity contribution in [3.63, 3.8) is 0 Å². The van der Waals surface area contributed by atoms with Crippen molar-refractivity contribution in [2.75, 3.05) is 18.6 Å². The van der Waals surface area contributed by atoms with Crippen molar-refractivity contribution >= 4 is 17.4 Å². The normalized spacial score (nSPS) is 24.0. The van der Waals surface area contributed by atoms with Crippen LogP contribution in [0.25, 0.3) is 0 Å². The number of nitrogens with zero attached hydrogens (tertiary/aromatic N) is 3. The molecule has 1 aliphatic rings. The van der Waals surface area contributed by atoms with Gasteiger partial charge in [0.25, 0.3) is 5.92 Å². The molecule has 0 aliphatic carbocycles. The molecule has 2 rings (SSSR count). The second-order valence-corrected chi connectivity index (χ2v) is 5.20. The van der Waals surface area contributed by atoms with Crippen LogP contribution in [0.15, 0.2) is 6.20 Å². The van der Waals surface area contributed by atoms with Gasteiger partial charge in [-0.25, -0.2) is 18.7 Å². The predicted molar refractivity (Wildman–Crippen MR) is 68.8 cm³/mol. The molecular formula is C12H16ClF2N3O. The smallest absolute Gasteiger partial charge is 0.275 e. The molecule has 7 heteroatoms. The van der Waals surface area contributed by atoms with Crippen molar-refractivity contribution in [3.8, 4) is 0 Å². The van der Waals surface area contributed by atoms with Gasteiger partial charge in [0.1, 0.15) is 5.82 Å². The van der Waals surface area contributed by atoms with E-state index in [1.54, 1.807) is 12.0 Å². The lowest BCUT2D eigenvalue weighted by atomic mass is 10.1. The summed E-state index contributed by atoms with van der Waals surface area (Å²) < 4.78 is 32.5. The Morgan fingerprint density at radius 3 is 2.74 bits per heavy atom. The third-order valence-electron chi connectivity index (χ3n) is 3.35. The van der Waals surface area contributed by atoms with E-state index in [0.29, 0.717) is 6.54 Å². The molecule has 0 spiro atoms. The fourth-order valence-electron chi connectivity index (χ4n) is 2.33. The van der Waals surface area contributed by atoms with Gasteiger partial charge >= 0.3 is 0 Å².